The number of rotatable bonds is 8. The molecule has 0 fully saturated rings. The fraction of sp³-hybridized carbons (Fsp3) is 0.0909. The molecule has 0 atom stereocenters. The van der Waals surface area contributed by atoms with E-state index in [-0.39, 0.29) is 28.8 Å². The summed E-state index contributed by atoms with van der Waals surface area (Å²) in [6.07, 6.45) is 3.18. The van der Waals surface area contributed by atoms with Crippen molar-refractivity contribution in [3.05, 3.63) is 103 Å². The van der Waals surface area contributed by atoms with Crippen LogP contribution >= 0.6 is 34.8 Å². The molecule has 0 radical (unpaired) electrons. The minimum absolute atomic E-state index is 0.0214. The number of furan rings is 1. The van der Waals surface area contributed by atoms with E-state index in [1.54, 1.807) is 29.1 Å². The van der Waals surface area contributed by atoms with Crippen molar-refractivity contribution in [2.75, 3.05) is 5.32 Å². The third-order valence-corrected chi connectivity index (χ3v) is 5.64. The average molecular weight is 522 g/mol. The normalized spacial score (nSPS) is 10.8. The van der Waals surface area contributed by atoms with E-state index in [2.05, 4.69) is 10.4 Å². The maximum absolute atomic E-state index is 12.5. The van der Waals surface area contributed by atoms with Crippen molar-refractivity contribution in [3.8, 4) is 5.75 Å². The second-order valence-electron chi connectivity index (χ2n) is 7.06. The molecule has 0 saturated carbocycles. The molecule has 2 heterocycles. The Morgan fingerprint density at radius 1 is 1.09 bits per heavy atom. The first-order valence-corrected chi connectivity index (χ1v) is 10.8. The van der Waals surface area contributed by atoms with Gasteiger partial charge in [0.25, 0.3) is 11.6 Å². The number of non-ortho nitro benzene ring substituents is 1. The van der Waals surface area contributed by atoms with Crippen molar-refractivity contribution < 1.29 is 18.9 Å². The summed E-state index contributed by atoms with van der Waals surface area (Å²) in [5.41, 5.74) is 1.24. The minimum Gasteiger partial charge on any atom is -0.484 e. The SMILES string of the molecule is O=C(Nc1cnn(Cc2ccc(Cl)c(Cl)c2)c1)c1ccc(COc2ccc([N+](=O)[O-])cc2Cl)o1. The molecule has 4 rings (SSSR count). The average Bonchev–Trinajstić information content (AvgIpc) is 3.45. The predicted molar refractivity (Wildman–Crippen MR) is 127 cm³/mol. The Kier molecular flexibility index (Phi) is 7.06. The number of nitrogens with one attached hydrogen (secondary N) is 1. The van der Waals surface area contributed by atoms with Crippen molar-refractivity contribution in [2.24, 2.45) is 0 Å². The van der Waals surface area contributed by atoms with Gasteiger partial charge >= 0.3 is 0 Å². The van der Waals surface area contributed by atoms with Crippen LogP contribution in [0.4, 0.5) is 11.4 Å². The molecule has 1 amide bonds. The first kappa shape index (κ1) is 23.6. The van der Waals surface area contributed by atoms with Crippen molar-refractivity contribution in [1.82, 2.24) is 9.78 Å². The molecule has 12 heteroatoms. The van der Waals surface area contributed by atoms with E-state index in [0.717, 1.165) is 5.56 Å². The topological polar surface area (TPSA) is 112 Å². The number of amides is 1. The maximum atomic E-state index is 12.5. The van der Waals surface area contributed by atoms with E-state index in [4.69, 9.17) is 44.0 Å². The number of carbonyl (C=O) groups excluding carboxylic acids is 1. The van der Waals surface area contributed by atoms with E-state index in [1.165, 1.54) is 30.5 Å². The lowest BCUT2D eigenvalue weighted by Crippen LogP contribution is -2.10. The molecule has 4 aromatic rings. The van der Waals surface area contributed by atoms with E-state index >= 15 is 0 Å². The monoisotopic (exact) mass is 520 g/mol. The molecule has 0 unspecified atom stereocenters. The number of hydrogen-bond donors (Lipinski definition) is 1. The molecule has 34 heavy (non-hydrogen) atoms. The fourth-order valence-electron chi connectivity index (χ4n) is 2.98. The van der Waals surface area contributed by atoms with Crippen molar-refractivity contribution in [3.63, 3.8) is 0 Å². The van der Waals surface area contributed by atoms with Crippen LogP contribution in [0.1, 0.15) is 21.9 Å². The molecule has 2 aromatic carbocycles. The van der Waals surface area contributed by atoms with Crippen LogP contribution in [0.25, 0.3) is 0 Å². The van der Waals surface area contributed by atoms with Crippen LogP contribution in [-0.4, -0.2) is 20.6 Å². The number of nitro benzene ring substituents is 1. The summed E-state index contributed by atoms with van der Waals surface area (Å²) in [6, 6.07) is 12.3. The van der Waals surface area contributed by atoms with Crippen LogP contribution in [0.2, 0.25) is 15.1 Å². The third-order valence-electron chi connectivity index (χ3n) is 4.60. The van der Waals surface area contributed by atoms with Gasteiger partial charge in [-0.15, -0.1) is 0 Å². The van der Waals surface area contributed by atoms with Crippen LogP contribution in [-0.2, 0) is 13.2 Å². The molecular formula is C22H15Cl3N4O5. The lowest BCUT2D eigenvalue weighted by atomic mass is 10.2. The van der Waals surface area contributed by atoms with Crippen molar-refractivity contribution >= 4 is 52.1 Å². The quantitative estimate of drug-likeness (QED) is 0.217. The summed E-state index contributed by atoms with van der Waals surface area (Å²) in [5.74, 6) is 0.235. The van der Waals surface area contributed by atoms with E-state index in [9.17, 15) is 14.9 Å². The molecule has 0 spiro atoms. The molecule has 2 aromatic heterocycles. The number of ether oxygens (including phenoxy) is 1. The standard InChI is InChI=1S/C22H15Cl3N4O5/c23-17-4-1-13(7-18(17)24)10-28-11-14(9-26-28)27-22(30)21-6-3-16(34-21)12-33-20-5-2-15(29(31)32)8-19(20)25/h1-9,11H,10,12H2,(H,27,30). The summed E-state index contributed by atoms with van der Waals surface area (Å²) in [7, 11) is 0. The zero-order chi connectivity index (χ0) is 24.2. The van der Waals surface area contributed by atoms with Gasteiger partial charge < -0.3 is 14.5 Å². The summed E-state index contributed by atoms with van der Waals surface area (Å²) >= 11 is 18.0. The zero-order valence-electron chi connectivity index (χ0n) is 17.2. The lowest BCUT2D eigenvalue weighted by Gasteiger charge is -2.06. The lowest BCUT2D eigenvalue weighted by molar-refractivity contribution is -0.384. The Labute approximate surface area is 207 Å². The molecule has 174 valence electrons. The second-order valence-corrected chi connectivity index (χ2v) is 8.28. The number of nitro groups is 1. The highest BCUT2D eigenvalue weighted by Crippen LogP contribution is 2.29. The van der Waals surface area contributed by atoms with Gasteiger partial charge in [0.2, 0.25) is 0 Å². The second kappa shape index (κ2) is 10.2. The van der Waals surface area contributed by atoms with Gasteiger partial charge in [-0.2, -0.15) is 5.10 Å². The zero-order valence-corrected chi connectivity index (χ0v) is 19.5. The van der Waals surface area contributed by atoms with E-state index in [1.807, 2.05) is 6.07 Å². The first-order chi connectivity index (χ1) is 16.3. The maximum Gasteiger partial charge on any atom is 0.291 e. The van der Waals surface area contributed by atoms with Gasteiger partial charge in [0, 0.05) is 18.3 Å². The smallest absolute Gasteiger partial charge is 0.291 e. The largest absolute Gasteiger partial charge is 0.484 e. The Bertz CT molecular complexity index is 1370. The number of anilines is 1. The minimum atomic E-state index is -0.551. The van der Waals surface area contributed by atoms with Gasteiger partial charge in [0.15, 0.2) is 5.76 Å². The van der Waals surface area contributed by atoms with Gasteiger partial charge in [-0.1, -0.05) is 40.9 Å². The number of carbonyl (C=O) groups is 1. The van der Waals surface area contributed by atoms with Gasteiger partial charge in [0.1, 0.15) is 18.1 Å². The van der Waals surface area contributed by atoms with Crippen LogP contribution in [0.15, 0.2) is 65.3 Å². The third kappa shape index (κ3) is 5.69. The molecule has 0 aliphatic heterocycles. The van der Waals surface area contributed by atoms with Crippen LogP contribution in [0.5, 0.6) is 5.75 Å². The summed E-state index contributed by atoms with van der Waals surface area (Å²) in [4.78, 5) is 22.7. The van der Waals surface area contributed by atoms with Gasteiger partial charge in [-0.25, -0.2) is 0 Å². The number of aromatic nitrogens is 2. The summed E-state index contributed by atoms with van der Waals surface area (Å²) in [6.45, 7) is 0.423. The molecule has 0 saturated heterocycles. The Morgan fingerprint density at radius 3 is 2.65 bits per heavy atom. The Balaban J connectivity index is 1.34. The molecule has 1 N–H and O–H groups in total. The Morgan fingerprint density at radius 2 is 1.91 bits per heavy atom. The Hall–Kier alpha value is -3.53. The van der Waals surface area contributed by atoms with Crippen LogP contribution in [0, 0.1) is 10.1 Å². The number of benzene rings is 2. The summed E-state index contributed by atoms with van der Waals surface area (Å²) in [5, 5.41) is 18.7. The van der Waals surface area contributed by atoms with Crippen LogP contribution in [0.3, 0.4) is 0 Å². The first-order valence-electron chi connectivity index (χ1n) is 9.71. The van der Waals surface area contributed by atoms with Crippen molar-refractivity contribution in [1.29, 1.82) is 0 Å². The fourth-order valence-corrected chi connectivity index (χ4v) is 3.53. The predicted octanol–water partition coefficient (Wildman–Crippen LogP) is 6.22. The molecule has 0 aliphatic rings. The number of nitrogens with zero attached hydrogens (tertiary/aromatic N) is 3. The number of hydrogen-bond acceptors (Lipinski definition) is 6. The van der Waals surface area contributed by atoms with E-state index < -0.39 is 10.8 Å². The van der Waals surface area contributed by atoms with Gasteiger partial charge in [-0.3, -0.25) is 19.6 Å². The molecule has 9 nitrogen and oxygen atoms in total. The van der Waals surface area contributed by atoms with Crippen molar-refractivity contribution in [2.45, 2.75) is 13.2 Å². The van der Waals surface area contributed by atoms with E-state index in [0.29, 0.717) is 28.0 Å². The highest BCUT2D eigenvalue weighted by atomic mass is 35.5. The molecule has 0 bridgehead atoms. The number of halogens is 3. The highest BCUT2D eigenvalue weighted by molar-refractivity contribution is 6.42. The van der Waals surface area contributed by atoms with Gasteiger partial charge in [-0.05, 0) is 35.9 Å². The molecular weight excluding hydrogens is 507 g/mol. The highest BCUT2D eigenvalue weighted by Gasteiger charge is 2.15. The van der Waals surface area contributed by atoms with Crippen LogP contribution < -0.4 is 10.1 Å². The molecule has 0 aliphatic carbocycles. The van der Waals surface area contributed by atoms with Gasteiger partial charge in [0.05, 0.1) is 38.4 Å². The summed E-state index contributed by atoms with van der Waals surface area (Å²) < 4.78 is 12.7.